The van der Waals surface area contributed by atoms with Crippen molar-refractivity contribution in [2.45, 2.75) is 31.7 Å². The smallest absolute Gasteiger partial charge is 0.322 e. The Bertz CT molecular complexity index is 688. The number of benzene rings is 1. The van der Waals surface area contributed by atoms with Gasteiger partial charge in [0.2, 0.25) is 15.9 Å². The molecule has 0 aliphatic heterocycles. The summed E-state index contributed by atoms with van der Waals surface area (Å²) >= 11 is 5.92. The number of hydrogen-bond acceptors (Lipinski definition) is 4. The topological polar surface area (TPSA) is 113 Å². The molecular weight excluding hydrogens is 332 g/mol. The highest BCUT2D eigenvalue weighted by Crippen LogP contribution is 2.25. The molecule has 0 bridgehead atoms. The van der Waals surface area contributed by atoms with E-state index in [1.807, 2.05) is 0 Å². The van der Waals surface area contributed by atoms with Gasteiger partial charge in [-0.1, -0.05) is 25.4 Å². The van der Waals surface area contributed by atoms with Gasteiger partial charge in [-0.2, -0.15) is 4.72 Å². The van der Waals surface area contributed by atoms with Gasteiger partial charge in [-0.15, -0.1) is 0 Å². The van der Waals surface area contributed by atoms with Gasteiger partial charge < -0.3 is 10.4 Å². The fourth-order valence-corrected chi connectivity index (χ4v) is 3.32. The van der Waals surface area contributed by atoms with Crippen molar-refractivity contribution >= 4 is 39.2 Å². The van der Waals surface area contributed by atoms with Crippen LogP contribution in [-0.2, 0) is 19.6 Å². The van der Waals surface area contributed by atoms with Gasteiger partial charge in [0.15, 0.2) is 0 Å². The monoisotopic (exact) mass is 348 g/mol. The number of hydrogen-bond donors (Lipinski definition) is 3. The number of nitrogens with one attached hydrogen (secondary N) is 2. The number of aliphatic carboxylic acids is 1. The summed E-state index contributed by atoms with van der Waals surface area (Å²) in [7, 11) is -4.05. The third-order valence-corrected chi connectivity index (χ3v) is 4.53. The summed E-state index contributed by atoms with van der Waals surface area (Å²) in [5.74, 6) is -2.04. The Morgan fingerprint density at radius 3 is 2.27 bits per heavy atom. The molecule has 0 heterocycles. The van der Waals surface area contributed by atoms with Crippen LogP contribution in [0.1, 0.15) is 20.8 Å². The van der Waals surface area contributed by atoms with Gasteiger partial charge in [-0.05, 0) is 24.1 Å². The van der Waals surface area contributed by atoms with E-state index in [0.29, 0.717) is 0 Å². The predicted molar refractivity (Wildman–Crippen MR) is 82.3 cm³/mol. The number of rotatable bonds is 6. The van der Waals surface area contributed by atoms with Gasteiger partial charge in [0, 0.05) is 6.92 Å². The lowest BCUT2D eigenvalue weighted by Crippen LogP contribution is -2.44. The van der Waals surface area contributed by atoms with Crippen molar-refractivity contribution in [3.05, 3.63) is 23.2 Å². The standard InChI is InChI=1S/C13H17ClN2O5S/c1-7(2)12(13(18)19)16-22(20,21)9-4-5-11(10(14)6-9)15-8(3)17/h4-7,12,16H,1-3H3,(H,15,17)(H,18,19)/t12-/m0/s1. The van der Waals surface area contributed by atoms with E-state index in [0.717, 1.165) is 6.07 Å². The maximum absolute atomic E-state index is 12.2. The third-order valence-electron chi connectivity index (χ3n) is 2.78. The number of amides is 1. The largest absolute Gasteiger partial charge is 0.480 e. The Hall–Kier alpha value is -1.64. The van der Waals surface area contributed by atoms with E-state index in [1.165, 1.54) is 19.1 Å². The fraction of sp³-hybridized carbons (Fsp3) is 0.385. The van der Waals surface area contributed by atoms with Crippen LogP contribution in [0.5, 0.6) is 0 Å². The van der Waals surface area contributed by atoms with Crippen LogP contribution in [0, 0.1) is 5.92 Å². The molecule has 22 heavy (non-hydrogen) atoms. The van der Waals surface area contributed by atoms with Crippen molar-refractivity contribution in [2.24, 2.45) is 5.92 Å². The van der Waals surface area contributed by atoms with E-state index in [2.05, 4.69) is 10.0 Å². The van der Waals surface area contributed by atoms with E-state index >= 15 is 0 Å². The molecule has 0 saturated carbocycles. The van der Waals surface area contributed by atoms with Crippen molar-refractivity contribution in [2.75, 3.05) is 5.32 Å². The molecule has 1 rings (SSSR count). The van der Waals surface area contributed by atoms with Gasteiger partial charge in [0.05, 0.1) is 15.6 Å². The quantitative estimate of drug-likeness (QED) is 0.724. The minimum Gasteiger partial charge on any atom is -0.480 e. The van der Waals surface area contributed by atoms with E-state index in [4.69, 9.17) is 16.7 Å². The summed E-state index contributed by atoms with van der Waals surface area (Å²) in [6.07, 6.45) is 0. The summed E-state index contributed by atoms with van der Waals surface area (Å²) < 4.78 is 26.6. The molecule has 0 aromatic heterocycles. The highest BCUT2D eigenvalue weighted by molar-refractivity contribution is 7.89. The molecule has 0 radical (unpaired) electrons. The van der Waals surface area contributed by atoms with E-state index in [9.17, 15) is 18.0 Å². The van der Waals surface area contributed by atoms with Gasteiger partial charge in [-0.25, -0.2) is 8.42 Å². The van der Waals surface area contributed by atoms with Crippen LogP contribution < -0.4 is 10.0 Å². The molecule has 122 valence electrons. The lowest BCUT2D eigenvalue weighted by molar-refractivity contribution is -0.140. The Balaban J connectivity index is 3.10. The average molecular weight is 349 g/mol. The first-order valence-corrected chi connectivity index (χ1v) is 8.23. The molecular formula is C13H17ClN2O5S. The molecule has 0 unspecified atom stereocenters. The number of carboxylic acid groups (broad SMARTS) is 1. The molecule has 1 aromatic rings. The molecule has 0 spiro atoms. The lowest BCUT2D eigenvalue weighted by Gasteiger charge is -2.18. The molecule has 7 nitrogen and oxygen atoms in total. The predicted octanol–water partition coefficient (Wildman–Crippen LogP) is 1.69. The SMILES string of the molecule is CC(=O)Nc1ccc(S(=O)(=O)N[C@H](C(=O)O)C(C)C)cc1Cl. The second-order valence-electron chi connectivity index (χ2n) is 5.00. The van der Waals surface area contributed by atoms with Crippen LogP contribution in [0.2, 0.25) is 5.02 Å². The molecule has 1 amide bonds. The number of halogens is 1. The number of carbonyl (C=O) groups excluding carboxylic acids is 1. The third kappa shape index (κ3) is 4.69. The summed E-state index contributed by atoms with van der Waals surface area (Å²) in [5.41, 5.74) is 0.270. The molecule has 9 heteroatoms. The Kier molecular flexibility index (Phi) is 5.92. The van der Waals surface area contributed by atoms with E-state index in [-0.39, 0.29) is 21.5 Å². The van der Waals surface area contributed by atoms with Crippen molar-refractivity contribution in [3.63, 3.8) is 0 Å². The summed E-state index contributed by atoms with van der Waals surface area (Å²) in [6.45, 7) is 4.48. The Morgan fingerprint density at radius 2 is 1.86 bits per heavy atom. The molecule has 0 aliphatic rings. The van der Waals surface area contributed by atoms with E-state index < -0.39 is 28.0 Å². The average Bonchev–Trinajstić information content (AvgIpc) is 2.37. The normalized spacial score (nSPS) is 13.0. The van der Waals surface area contributed by atoms with Crippen LogP contribution >= 0.6 is 11.6 Å². The molecule has 1 aromatic carbocycles. The molecule has 0 aliphatic carbocycles. The summed E-state index contributed by atoms with van der Waals surface area (Å²) in [5, 5.41) is 11.5. The van der Waals surface area contributed by atoms with Crippen LogP contribution in [0.25, 0.3) is 0 Å². The molecule has 3 N–H and O–H groups in total. The van der Waals surface area contributed by atoms with Crippen molar-refractivity contribution in [3.8, 4) is 0 Å². The van der Waals surface area contributed by atoms with Crippen LogP contribution in [0.15, 0.2) is 23.1 Å². The highest BCUT2D eigenvalue weighted by atomic mass is 35.5. The second kappa shape index (κ2) is 7.08. The second-order valence-corrected chi connectivity index (χ2v) is 7.13. The van der Waals surface area contributed by atoms with Gasteiger partial charge in [-0.3, -0.25) is 9.59 Å². The first-order chi connectivity index (χ1) is 10.0. The van der Waals surface area contributed by atoms with Crippen molar-refractivity contribution < 1.29 is 23.1 Å². The number of carboxylic acids is 1. The zero-order valence-corrected chi connectivity index (χ0v) is 13.8. The van der Waals surface area contributed by atoms with Crippen LogP contribution in [0.3, 0.4) is 0 Å². The van der Waals surface area contributed by atoms with E-state index in [1.54, 1.807) is 13.8 Å². The van der Waals surface area contributed by atoms with Crippen LogP contribution in [-0.4, -0.2) is 31.4 Å². The zero-order valence-electron chi connectivity index (χ0n) is 12.3. The Labute approximate surface area is 133 Å². The zero-order chi connectivity index (χ0) is 17.1. The summed E-state index contributed by atoms with van der Waals surface area (Å²) in [6, 6.07) is 2.47. The maximum atomic E-state index is 12.2. The fourth-order valence-electron chi connectivity index (χ4n) is 1.66. The van der Waals surface area contributed by atoms with Crippen molar-refractivity contribution in [1.29, 1.82) is 0 Å². The minimum absolute atomic E-state index is 0.0366. The van der Waals surface area contributed by atoms with Gasteiger partial charge in [0.1, 0.15) is 6.04 Å². The summed E-state index contributed by atoms with van der Waals surface area (Å²) in [4.78, 5) is 21.9. The lowest BCUT2D eigenvalue weighted by atomic mass is 10.1. The van der Waals surface area contributed by atoms with Crippen LogP contribution in [0.4, 0.5) is 5.69 Å². The van der Waals surface area contributed by atoms with Crippen molar-refractivity contribution in [1.82, 2.24) is 4.72 Å². The highest BCUT2D eigenvalue weighted by Gasteiger charge is 2.28. The Morgan fingerprint density at radius 1 is 1.27 bits per heavy atom. The van der Waals surface area contributed by atoms with Gasteiger partial charge in [0.25, 0.3) is 0 Å². The first kappa shape index (κ1) is 18.4. The maximum Gasteiger partial charge on any atom is 0.322 e. The first-order valence-electron chi connectivity index (χ1n) is 6.37. The molecule has 0 saturated heterocycles. The number of sulfonamides is 1. The molecule has 0 fully saturated rings. The van der Waals surface area contributed by atoms with Gasteiger partial charge >= 0.3 is 5.97 Å². The minimum atomic E-state index is -4.05. The number of anilines is 1. The number of carbonyl (C=O) groups is 2. The molecule has 1 atom stereocenters.